The summed E-state index contributed by atoms with van der Waals surface area (Å²) in [5, 5.41) is 8.99. The molecule has 0 aromatic carbocycles. The second-order valence-corrected chi connectivity index (χ2v) is 3.15. The Morgan fingerprint density at radius 3 is 2.73 bits per heavy atom. The summed E-state index contributed by atoms with van der Waals surface area (Å²) in [5.41, 5.74) is -0.242. The van der Waals surface area contributed by atoms with Crippen molar-refractivity contribution in [3.8, 4) is 0 Å². The topological polar surface area (TPSA) is 49.8 Å². The maximum Gasteiger partial charge on any atom is 0.410 e. The molecule has 1 heterocycles. The Kier molecular flexibility index (Phi) is 1.32. The smallest absolute Gasteiger partial charge is 0.410 e. The fourth-order valence-corrected chi connectivity index (χ4v) is 1.48. The van der Waals surface area contributed by atoms with Gasteiger partial charge < -0.3 is 9.84 Å². The number of carbonyl (C=O) groups is 1. The van der Waals surface area contributed by atoms with Crippen LogP contribution in [0.1, 0.15) is 12.8 Å². The summed E-state index contributed by atoms with van der Waals surface area (Å²) in [4.78, 5) is 12.7. The lowest BCUT2D eigenvalue weighted by Gasteiger charge is -2.22. The Morgan fingerprint density at radius 1 is 1.64 bits per heavy atom. The van der Waals surface area contributed by atoms with Gasteiger partial charge in [-0.2, -0.15) is 0 Å². The van der Waals surface area contributed by atoms with Crippen molar-refractivity contribution in [3.63, 3.8) is 0 Å². The molecule has 0 spiro atoms. The van der Waals surface area contributed by atoms with Crippen molar-refractivity contribution in [1.82, 2.24) is 4.90 Å². The number of aliphatic hydroxyl groups excluding tert-OH is 1. The number of nitrogens with zero attached hydrogens (tertiary/aromatic N) is 1. The van der Waals surface area contributed by atoms with Gasteiger partial charge in [0.05, 0.1) is 18.7 Å². The molecule has 0 unspecified atom stereocenters. The van der Waals surface area contributed by atoms with Crippen LogP contribution >= 0.6 is 0 Å². The second-order valence-electron chi connectivity index (χ2n) is 3.15. The van der Waals surface area contributed by atoms with Gasteiger partial charge in [-0.25, -0.2) is 4.79 Å². The van der Waals surface area contributed by atoms with Crippen molar-refractivity contribution in [3.05, 3.63) is 0 Å². The molecule has 62 valence electrons. The number of hydrogen-bond donors (Lipinski definition) is 1. The van der Waals surface area contributed by atoms with E-state index in [-0.39, 0.29) is 18.2 Å². The van der Waals surface area contributed by atoms with Gasteiger partial charge in [-0.3, -0.25) is 4.90 Å². The predicted octanol–water partition coefficient (Wildman–Crippen LogP) is -0.0365. The minimum atomic E-state index is -0.267. The lowest BCUT2D eigenvalue weighted by molar-refractivity contribution is 0.117. The summed E-state index contributed by atoms with van der Waals surface area (Å²) in [6.07, 6.45) is 1.56. The molecule has 2 fully saturated rings. The van der Waals surface area contributed by atoms with E-state index in [1.54, 1.807) is 4.90 Å². The quantitative estimate of drug-likeness (QED) is 0.612. The highest BCUT2D eigenvalue weighted by Gasteiger charge is 2.51. The zero-order valence-electron chi connectivity index (χ0n) is 6.25. The Balaban J connectivity index is 2.09. The molecule has 2 rings (SSSR count). The summed E-state index contributed by atoms with van der Waals surface area (Å²) >= 11 is 0. The number of ether oxygens (including phenoxy) is 1. The maximum atomic E-state index is 11.0. The molecule has 1 aliphatic heterocycles. The van der Waals surface area contributed by atoms with Crippen LogP contribution in [-0.4, -0.2) is 41.4 Å². The Hall–Kier alpha value is -0.770. The van der Waals surface area contributed by atoms with Crippen LogP contribution in [0.15, 0.2) is 0 Å². The van der Waals surface area contributed by atoms with E-state index in [4.69, 9.17) is 9.84 Å². The molecule has 0 radical (unpaired) electrons. The van der Waals surface area contributed by atoms with Crippen molar-refractivity contribution in [2.45, 2.75) is 18.4 Å². The fraction of sp³-hybridized carbons (Fsp3) is 0.857. The molecular formula is C7H11NO3. The van der Waals surface area contributed by atoms with Crippen molar-refractivity contribution >= 4 is 6.09 Å². The number of aliphatic hydroxyl groups is 1. The van der Waals surface area contributed by atoms with Crippen LogP contribution in [0.5, 0.6) is 0 Å². The number of carbonyl (C=O) groups excluding carboxylic acids is 1. The minimum absolute atomic E-state index is 0.0715. The number of cyclic esters (lactones) is 1. The van der Waals surface area contributed by atoms with Crippen LogP contribution in [0.25, 0.3) is 0 Å². The first kappa shape index (κ1) is 6.91. The zero-order chi connectivity index (χ0) is 7.90. The van der Waals surface area contributed by atoms with E-state index in [2.05, 4.69) is 0 Å². The SMILES string of the molecule is O=C1OCCN1C1(CO)CC1. The van der Waals surface area contributed by atoms with Gasteiger partial charge in [-0.1, -0.05) is 0 Å². The molecule has 1 saturated carbocycles. The van der Waals surface area contributed by atoms with Crippen LogP contribution in [0.2, 0.25) is 0 Å². The average molecular weight is 157 g/mol. The lowest BCUT2D eigenvalue weighted by atomic mass is 10.2. The van der Waals surface area contributed by atoms with Crippen LogP contribution in [0.4, 0.5) is 4.79 Å². The summed E-state index contributed by atoms with van der Waals surface area (Å²) in [7, 11) is 0. The summed E-state index contributed by atoms with van der Waals surface area (Å²) in [6, 6.07) is 0. The largest absolute Gasteiger partial charge is 0.448 e. The van der Waals surface area contributed by atoms with Crippen molar-refractivity contribution in [2.75, 3.05) is 19.8 Å². The van der Waals surface area contributed by atoms with Crippen LogP contribution < -0.4 is 0 Å². The summed E-state index contributed by atoms with van der Waals surface area (Å²) < 4.78 is 4.77. The van der Waals surface area contributed by atoms with Gasteiger partial charge in [-0.05, 0) is 12.8 Å². The summed E-state index contributed by atoms with van der Waals surface area (Å²) in [6.45, 7) is 1.18. The monoisotopic (exact) mass is 157 g/mol. The molecule has 1 amide bonds. The van der Waals surface area contributed by atoms with E-state index in [0.717, 1.165) is 12.8 Å². The lowest BCUT2D eigenvalue weighted by Crippen LogP contribution is -2.40. The molecule has 4 nitrogen and oxygen atoms in total. The first-order valence-electron chi connectivity index (χ1n) is 3.84. The molecule has 1 saturated heterocycles. The third-order valence-electron chi connectivity index (χ3n) is 2.45. The minimum Gasteiger partial charge on any atom is -0.448 e. The average Bonchev–Trinajstić information content (AvgIpc) is 2.70. The predicted molar refractivity (Wildman–Crippen MR) is 37.1 cm³/mol. The normalized spacial score (nSPS) is 27.0. The van der Waals surface area contributed by atoms with Crippen LogP contribution in [-0.2, 0) is 4.74 Å². The van der Waals surface area contributed by atoms with Crippen molar-refractivity contribution in [1.29, 1.82) is 0 Å². The highest BCUT2D eigenvalue weighted by atomic mass is 16.6. The maximum absolute atomic E-state index is 11.0. The molecule has 0 aromatic rings. The van der Waals surface area contributed by atoms with Crippen LogP contribution in [0.3, 0.4) is 0 Å². The van der Waals surface area contributed by atoms with Crippen molar-refractivity contribution < 1.29 is 14.6 Å². The van der Waals surface area contributed by atoms with E-state index < -0.39 is 0 Å². The van der Waals surface area contributed by atoms with E-state index >= 15 is 0 Å². The zero-order valence-corrected chi connectivity index (χ0v) is 6.25. The first-order chi connectivity index (χ1) is 5.28. The molecule has 0 atom stereocenters. The fourth-order valence-electron chi connectivity index (χ4n) is 1.48. The molecule has 1 aliphatic carbocycles. The molecule has 0 bridgehead atoms. The van der Waals surface area contributed by atoms with E-state index in [0.29, 0.717) is 13.2 Å². The van der Waals surface area contributed by atoms with Gasteiger partial charge in [-0.15, -0.1) is 0 Å². The highest BCUT2D eigenvalue weighted by Crippen LogP contribution is 2.42. The van der Waals surface area contributed by atoms with Gasteiger partial charge in [0.2, 0.25) is 0 Å². The molecule has 2 aliphatic rings. The third-order valence-corrected chi connectivity index (χ3v) is 2.45. The van der Waals surface area contributed by atoms with E-state index in [9.17, 15) is 4.79 Å². The van der Waals surface area contributed by atoms with Gasteiger partial charge >= 0.3 is 6.09 Å². The summed E-state index contributed by atoms with van der Waals surface area (Å²) in [5.74, 6) is 0. The Morgan fingerprint density at radius 2 is 2.36 bits per heavy atom. The molecule has 0 aromatic heterocycles. The van der Waals surface area contributed by atoms with E-state index in [1.165, 1.54) is 0 Å². The Labute approximate surface area is 64.7 Å². The number of hydrogen-bond acceptors (Lipinski definition) is 3. The molecule has 11 heavy (non-hydrogen) atoms. The molecular weight excluding hydrogens is 146 g/mol. The number of amides is 1. The van der Waals surface area contributed by atoms with E-state index in [1.807, 2.05) is 0 Å². The van der Waals surface area contributed by atoms with Gasteiger partial charge in [0.25, 0.3) is 0 Å². The molecule has 1 N–H and O–H groups in total. The standard InChI is InChI=1S/C7H11NO3/c9-5-7(1-2-7)8-3-4-11-6(8)10/h9H,1-5H2. The van der Waals surface area contributed by atoms with Gasteiger partial charge in [0.1, 0.15) is 6.61 Å². The van der Waals surface area contributed by atoms with Gasteiger partial charge in [0.15, 0.2) is 0 Å². The number of rotatable bonds is 2. The molecule has 4 heteroatoms. The van der Waals surface area contributed by atoms with Crippen LogP contribution in [0, 0.1) is 0 Å². The van der Waals surface area contributed by atoms with Crippen molar-refractivity contribution in [2.24, 2.45) is 0 Å². The highest BCUT2D eigenvalue weighted by molar-refractivity contribution is 5.71. The first-order valence-corrected chi connectivity index (χ1v) is 3.84. The third kappa shape index (κ3) is 0.894. The second kappa shape index (κ2) is 2.11. The van der Waals surface area contributed by atoms with Gasteiger partial charge in [0, 0.05) is 0 Å². The Bertz CT molecular complexity index is 188.